The normalized spacial score (nSPS) is 17.2. The third-order valence-electron chi connectivity index (χ3n) is 3.80. The van der Waals surface area contributed by atoms with E-state index >= 15 is 0 Å². The number of pyridine rings is 1. The van der Waals surface area contributed by atoms with Gasteiger partial charge in [0.15, 0.2) is 5.17 Å². The Balaban J connectivity index is 1.95. The third kappa shape index (κ3) is 3.72. The van der Waals surface area contributed by atoms with E-state index in [1.165, 1.54) is 11.8 Å². The number of methoxy groups -OCH3 is 2. The molecule has 7 heteroatoms. The highest BCUT2D eigenvalue weighted by molar-refractivity contribution is 8.18. The Morgan fingerprint density at radius 1 is 1.27 bits per heavy atom. The van der Waals surface area contributed by atoms with Crippen LogP contribution in [0.4, 0.5) is 5.69 Å². The Hall–Kier alpha value is -2.80. The summed E-state index contributed by atoms with van der Waals surface area (Å²) in [7, 11) is 3.19. The zero-order valence-corrected chi connectivity index (χ0v) is 15.6. The predicted octanol–water partition coefficient (Wildman–Crippen LogP) is 3.72. The van der Waals surface area contributed by atoms with E-state index in [1.54, 1.807) is 37.6 Å². The maximum atomic E-state index is 12.7. The van der Waals surface area contributed by atoms with E-state index in [0.29, 0.717) is 33.8 Å². The van der Waals surface area contributed by atoms with Crippen molar-refractivity contribution in [3.63, 3.8) is 0 Å². The minimum Gasteiger partial charge on any atom is -0.497 e. The Kier molecular flexibility index (Phi) is 5.58. The van der Waals surface area contributed by atoms with Crippen molar-refractivity contribution in [3.8, 4) is 11.5 Å². The lowest BCUT2D eigenvalue weighted by Crippen LogP contribution is -2.28. The van der Waals surface area contributed by atoms with Gasteiger partial charge in [-0.3, -0.25) is 14.7 Å². The van der Waals surface area contributed by atoms with Crippen LogP contribution in [-0.2, 0) is 4.79 Å². The van der Waals surface area contributed by atoms with Crippen LogP contribution in [0.1, 0.15) is 12.5 Å². The van der Waals surface area contributed by atoms with Crippen LogP contribution >= 0.6 is 11.8 Å². The van der Waals surface area contributed by atoms with Gasteiger partial charge in [-0.2, -0.15) is 0 Å². The lowest BCUT2D eigenvalue weighted by atomic mass is 10.1. The molecule has 2 aromatic rings. The van der Waals surface area contributed by atoms with Crippen molar-refractivity contribution in [3.05, 3.63) is 53.2 Å². The number of rotatable bonds is 5. The van der Waals surface area contributed by atoms with Gasteiger partial charge in [0, 0.05) is 24.4 Å². The second-order valence-electron chi connectivity index (χ2n) is 5.37. The average Bonchev–Trinajstić information content (AvgIpc) is 2.97. The monoisotopic (exact) mass is 369 g/mol. The number of amides is 1. The second-order valence-corrected chi connectivity index (χ2v) is 6.38. The molecular formula is C19H19N3O3S. The van der Waals surface area contributed by atoms with Gasteiger partial charge in [-0.15, -0.1) is 0 Å². The molecule has 1 amide bonds. The number of aromatic nitrogens is 1. The molecule has 1 aromatic carbocycles. The predicted molar refractivity (Wildman–Crippen MR) is 104 cm³/mol. The van der Waals surface area contributed by atoms with Crippen LogP contribution in [0.15, 0.2) is 52.6 Å². The van der Waals surface area contributed by atoms with Crippen LogP contribution in [0.3, 0.4) is 0 Å². The van der Waals surface area contributed by atoms with E-state index < -0.39 is 0 Å². The summed E-state index contributed by atoms with van der Waals surface area (Å²) in [5, 5.41) is 0.643. The molecule has 0 aliphatic carbocycles. The molecule has 3 rings (SSSR count). The van der Waals surface area contributed by atoms with Gasteiger partial charge in [0.2, 0.25) is 0 Å². The molecule has 6 nitrogen and oxygen atoms in total. The SMILES string of the molecule is CCN1C(=O)/C(=C/c2ccc(OC)cc2OC)SC1=Nc1cccnc1. The van der Waals surface area contributed by atoms with E-state index in [1.807, 2.05) is 37.3 Å². The fourth-order valence-electron chi connectivity index (χ4n) is 2.48. The molecule has 1 fully saturated rings. The van der Waals surface area contributed by atoms with Gasteiger partial charge >= 0.3 is 0 Å². The molecule has 26 heavy (non-hydrogen) atoms. The molecule has 0 N–H and O–H groups in total. The first kappa shape index (κ1) is 18.0. The molecule has 1 aliphatic rings. The van der Waals surface area contributed by atoms with Crippen LogP contribution in [0, 0.1) is 0 Å². The second kappa shape index (κ2) is 8.05. The number of benzene rings is 1. The summed E-state index contributed by atoms with van der Waals surface area (Å²) in [6.07, 6.45) is 5.18. The molecule has 0 atom stereocenters. The summed E-state index contributed by atoms with van der Waals surface area (Å²) >= 11 is 1.34. The summed E-state index contributed by atoms with van der Waals surface area (Å²) in [5.41, 5.74) is 1.52. The smallest absolute Gasteiger partial charge is 0.266 e. The van der Waals surface area contributed by atoms with E-state index in [4.69, 9.17) is 9.47 Å². The van der Waals surface area contributed by atoms with Crippen LogP contribution < -0.4 is 9.47 Å². The number of likely N-dealkylation sites (N-methyl/N-ethyl adjacent to an activating group) is 1. The highest BCUT2D eigenvalue weighted by atomic mass is 32.2. The quantitative estimate of drug-likeness (QED) is 0.752. The Labute approximate surface area is 156 Å². The fourth-order valence-corrected chi connectivity index (χ4v) is 3.53. The largest absolute Gasteiger partial charge is 0.497 e. The number of ether oxygens (including phenoxy) is 2. The highest BCUT2D eigenvalue weighted by Gasteiger charge is 2.32. The van der Waals surface area contributed by atoms with Crippen LogP contribution in [0.5, 0.6) is 11.5 Å². The summed E-state index contributed by atoms with van der Waals surface area (Å²) in [5.74, 6) is 1.27. The molecule has 0 radical (unpaired) electrons. The maximum absolute atomic E-state index is 12.7. The van der Waals surface area contributed by atoms with E-state index in [2.05, 4.69) is 9.98 Å². The minimum absolute atomic E-state index is 0.0713. The summed E-state index contributed by atoms with van der Waals surface area (Å²) in [6.45, 7) is 2.47. The molecule has 2 heterocycles. The summed E-state index contributed by atoms with van der Waals surface area (Å²) < 4.78 is 10.6. The van der Waals surface area contributed by atoms with Crippen molar-refractivity contribution in [1.82, 2.24) is 9.88 Å². The number of aliphatic imine (C=N–C) groups is 1. The van der Waals surface area contributed by atoms with Gasteiger partial charge in [0.05, 0.1) is 31.0 Å². The summed E-state index contributed by atoms with van der Waals surface area (Å²) in [6, 6.07) is 9.16. The standard InChI is InChI=1S/C19H19N3O3S/c1-4-22-18(23)17(26-19(22)21-14-6-5-9-20-12-14)10-13-7-8-15(24-2)11-16(13)25-3/h5-12H,4H2,1-3H3/b17-10-,21-19?. The molecule has 1 saturated heterocycles. The number of nitrogens with zero attached hydrogens (tertiary/aromatic N) is 3. The fraction of sp³-hybridized carbons (Fsp3) is 0.211. The summed E-state index contributed by atoms with van der Waals surface area (Å²) in [4.78, 5) is 23.6. The number of amidine groups is 1. The number of hydrogen-bond acceptors (Lipinski definition) is 6. The minimum atomic E-state index is -0.0713. The van der Waals surface area contributed by atoms with Gasteiger partial charge in [-0.05, 0) is 49.0 Å². The average molecular weight is 369 g/mol. The maximum Gasteiger partial charge on any atom is 0.266 e. The number of thioether (sulfide) groups is 1. The van der Waals surface area contributed by atoms with Gasteiger partial charge in [0.1, 0.15) is 11.5 Å². The van der Waals surface area contributed by atoms with Crippen LogP contribution in [-0.4, -0.2) is 41.7 Å². The lowest BCUT2D eigenvalue weighted by molar-refractivity contribution is -0.122. The van der Waals surface area contributed by atoms with Gasteiger partial charge in [0.25, 0.3) is 5.91 Å². The molecule has 0 spiro atoms. The van der Waals surface area contributed by atoms with Crippen molar-refractivity contribution < 1.29 is 14.3 Å². The first-order valence-electron chi connectivity index (χ1n) is 8.08. The zero-order valence-electron chi connectivity index (χ0n) is 14.8. The highest BCUT2D eigenvalue weighted by Crippen LogP contribution is 2.36. The van der Waals surface area contributed by atoms with Crippen molar-refractivity contribution in [2.75, 3.05) is 20.8 Å². The van der Waals surface area contributed by atoms with Crippen molar-refractivity contribution in [1.29, 1.82) is 0 Å². The molecular weight excluding hydrogens is 350 g/mol. The lowest BCUT2D eigenvalue weighted by Gasteiger charge is -2.11. The van der Waals surface area contributed by atoms with Crippen LogP contribution in [0.25, 0.3) is 6.08 Å². The number of carbonyl (C=O) groups is 1. The van der Waals surface area contributed by atoms with Crippen molar-refractivity contribution in [2.24, 2.45) is 4.99 Å². The van der Waals surface area contributed by atoms with Gasteiger partial charge in [-0.25, -0.2) is 4.99 Å². The molecule has 0 saturated carbocycles. The Morgan fingerprint density at radius 2 is 2.12 bits per heavy atom. The van der Waals surface area contributed by atoms with Gasteiger partial charge < -0.3 is 9.47 Å². The zero-order chi connectivity index (χ0) is 18.5. The first-order chi connectivity index (χ1) is 12.7. The molecule has 1 aliphatic heterocycles. The molecule has 134 valence electrons. The molecule has 0 unspecified atom stereocenters. The first-order valence-corrected chi connectivity index (χ1v) is 8.90. The number of carbonyl (C=O) groups excluding carboxylic acids is 1. The topological polar surface area (TPSA) is 64.0 Å². The molecule has 0 bridgehead atoms. The van der Waals surface area contributed by atoms with Crippen LogP contribution in [0.2, 0.25) is 0 Å². The van der Waals surface area contributed by atoms with E-state index in [9.17, 15) is 4.79 Å². The third-order valence-corrected chi connectivity index (χ3v) is 4.81. The van der Waals surface area contributed by atoms with E-state index in [0.717, 1.165) is 5.56 Å². The van der Waals surface area contributed by atoms with E-state index in [-0.39, 0.29) is 5.91 Å². The Morgan fingerprint density at radius 3 is 2.77 bits per heavy atom. The van der Waals surface area contributed by atoms with Crippen molar-refractivity contribution >= 4 is 34.6 Å². The molecule has 1 aromatic heterocycles. The van der Waals surface area contributed by atoms with Gasteiger partial charge in [-0.1, -0.05) is 0 Å². The Bertz CT molecular complexity index is 866. The number of hydrogen-bond donors (Lipinski definition) is 0. The van der Waals surface area contributed by atoms with Crippen molar-refractivity contribution in [2.45, 2.75) is 6.92 Å².